The number of carboxylic acid groups (broad SMARTS) is 2. The first-order valence-corrected chi connectivity index (χ1v) is 13.0. The maximum Gasteiger partial charge on any atom is 0.490 e. The third kappa shape index (κ3) is 7.35. The van der Waals surface area contributed by atoms with Gasteiger partial charge in [0.2, 0.25) is 5.95 Å². The number of aliphatic carboxylic acids is 2. The van der Waals surface area contributed by atoms with E-state index in [2.05, 4.69) is 31.5 Å². The van der Waals surface area contributed by atoms with Gasteiger partial charge < -0.3 is 20.4 Å². The van der Waals surface area contributed by atoms with Gasteiger partial charge in [0.1, 0.15) is 5.82 Å². The number of carboxylic acids is 2. The second-order valence-electron chi connectivity index (χ2n) is 10.4. The molecular formula is C25H33F3N6O4. The molecule has 38 heavy (non-hydrogen) atoms. The second-order valence-corrected chi connectivity index (χ2v) is 10.4. The molecule has 208 valence electrons. The molecule has 2 aromatic heterocycles. The number of H-pyrrole nitrogens is 1. The van der Waals surface area contributed by atoms with Crippen molar-refractivity contribution >= 4 is 29.5 Å². The van der Waals surface area contributed by atoms with Gasteiger partial charge in [-0.1, -0.05) is 32.1 Å². The summed E-state index contributed by atoms with van der Waals surface area (Å²) in [6.45, 7) is 3.26. The van der Waals surface area contributed by atoms with E-state index in [4.69, 9.17) is 14.9 Å². The molecule has 13 heteroatoms. The number of hydrogen-bond donors (Lipinski definition) is 4. The first-order valence-electron chi connectivity index (χ1n) is 13.0. The lowest BCUT2D eigenvalue weighted by Gasteiger charge is -2.41. The molecule has 4 N–H and O–H groups in total. The standard InChI is InChI=1S/C23H32N6O2.C2HF3O2/c1-14-9-20(25-21-11-19(27-28-21)16-7-8-16)26-23(24-14)29-12-17(10-18(13-29)22(30)31)15-5-3-2-4-6-15;3-2(4,5)1(6)7/h9,11,15-18H,2-8,10,12-13H2,1H3,(H,30,31)(H2,24,25,26,27,28);(H,6,7)/t17-,18+;/m1./s1. The van der Waals surface area contributed by atoms with Crippen LogP contribution in [0.1, 0.15) is 68.7 Å². The van der Waals surface area contributed by atoms with Gasteiger partial charge in [-0.2, -0.15) is 23.3 Å². The van der Waals surface area contributed by atoms with Gasteiger partial charge in [0.15, 0.2) is 5.82 Å². The molecule has 3 heterocycles. The number of carbonyl (C=O) groups is 2. The minimum atomic E-state index is -5.08. The van der Waals surface area contributed by atoms with Gasteiger partial charge in [-0.15, -0.1) is 0 Å². The Kier molecular flexibility index (Phi) is 8.41. The molecule has 0 spiro atoms. The summed E-state index contributed by atoms with van der Waals surface area (Å²) in [4.78, 5) is 32.3. The summed E-state index contributed by atoms with van der Waals surface area (Å²) in [5.74, 6) is -0.136. The third-order valence-corrected chi connectivity index (χ3v) is 7.39. The van der Waals surface area contributed by atoms with Crippen LogP contribution >= 0.6 is 0 Å². The highest BCUT2D eigenvalue weighted by molar-refractivity contribution is 5.73. The van der Waals surface area contributed by atoms with E-state index < -0.39 is 18.1 Å². The minimum absolute atomic E-state index is 0.367. The Morgan fingerprint density at radius 1 is 1.00 bits per heavy atom. The molecule has 0 radical (unpaired) electrons. The molecule has 2 aliphatic carbocycles. The van der Waals surface area contributed by atoms with Crippen LogP contribution in [0.15, 0.2) is 12.1 Å². The molecule has 3 aliphatic rings. The molecule has 2 atom stereocenters. The Labute approximate surface area is 218 Å². The summed E-state index contributed by atoms with van der Waals surface area (Å²) in [7, 11) is 0. The van der Waals surface area contributed by atoms with Crippen LogP contribution in [0, 0.1) is 24.7 Å². The molecule has 0 aromatic carbocycles. The number of alkyl halides is 3. The van der Waals surface area contributed by atoms with Gasteiger partial charge in [0.05, 0.1) is 5.92 Å². The van der Waals surface area contributed by atoms with Crippen molar-refractivity contribution in [3.63, 3.8) is 0 Å². The highest BCUT2D eigenvalue weighted by atomic mass is 19.4. The summed E-state index contributed by atoms with van der Waals surface area (Å²) in [5.41, 5.74) is 2.03. The van der Waals surface area contributed by atoms with E-state index in [1.807, 2.05) is 13.0 Å². The fourth-order valence-corrected chi connectivity index (χ4v) is 5.32. The van der Waals surface area contributed by atoms with E-state index >= 15 is 0 Å². The van der Waals surface area contributed by atoms with Crippen molar-refractivity contribution in [3.8, 4) is 0 Å². The maximum atomic E-state index is 11.9. The van der Waals surface area contributed by atoms with Crippen LogP contribution in [0.5, 0.6) is 0 Å². The Morgan fingerprint density at radius 2 is 1.68 bits per heavy atom. The van der Waals surface area contributed by atoms with Crippen LogP contribution in [-0.4, -0.2) is 61.6 Å². The topological polar surface area (TPSA) is 144 Å². The first-order chi connectivity index (χ1) is 18.0. The Hall–Kier alpha value is -3.38. The predicted octanol–water partition coefficient (Wildman–Crippen LogP) is 4.87. The number of halogens is 3. The van der Waals surface area contributed by atoms with Crippen LogP contribution in [0.2, 0.25) is 0 Å². The van der Waals surface area contributed by atoms with Gasteiger partial charge in [0, 0.05) is 42.5 Å². The average Bonchev–Trinajstić information content (AvgIpc) is 3.62. The van der Waals surface area contributed by atoms with Crippen molar-refractivity contribution in [1.82, 2.24) is 20.2 Å². The van der Waals surface area contributed by atoms with E-state index in [0.29, 0.717) is 36.1 Å². The molecular weight excluding hydrogens is 505 g/mol. The lowest BCUT2D eigenvalue weighted by atomic mass is 9.74. The van der Waals surface area contributed by atoms with Crippen LogP contribution < -0.4 is 10.2 Å². The fourth-order valence-electron chi connectivity index (χ4n) is 5.32. The van der Waals surface area contributed by atoms with Crippen molar-refractivity contribution in [2.45, 2.75) is 70.4 Å². The van der Waals surface area contributed by atoms with Crippen molar-refractivity contribution in [2.24, 2.45) is 17.8 Å². The number of rotatable bonds is 6. The van der Waals surface area contributed by atoms with E-state index in [1.165, 1.54) is 50.6 Å². The summed E-state index contributed by atoms with van der Waals surface area (Å²) in [6.07, 6.45) is 4.40. The SMILES string of the molecule is Cc1cc(Nc2cc(C3CC3)[nH]n2)nc(N2C[C@@H](C(=O)O)C[C@@H](C3CCCCC3)C2)n1.O=C(O)C(F)(F)F. The van der Waals surface area contributed by atoms with Gasteiger partial charge in [-0.25, -0.2) is 9.78 Å². The van der Waals surface area contributed by atoms with E-state index in [1.54, 1.807) is 0 Å². The molecule has 3 fully saturated rings. The maximum absolute atomic E-state index is 11.9. The number of aromatic amines is 1. The number of aromatic nitrogens is 4. The number of piperidine rings is 1. The van der Waals surface area contributed by atoms with E-state index in [0.717, 1.165) is 24.5 Å². The van der Waals surface area contributed by atoms with Crippen LogP contribution in [0.3, 0.4) is 0 Å². The van der Waals surface area contributed by atoms with Crippen LogP contribution in [0.25, 0.3) is 0 Å². The highest BCUT2D eigenvalue weighted by Gasteiger charge is 2.38. The molecule has 2 saturated carbocycles. The lowest BCUT2D eigenvalue weighted by Crippen LogP contribution is -2.46. The molecule has 10 nitrogen and oxygen atoms in total. The molecule has 2 aromatic rings. The normalized spacial score (nSPS) is 22.4. The summed E-state index contributed by atoms with van der Waals surface area (Å²) in [5, 5.41) is 27.7. The first kappa shape index (κ1) is 27.6. The molecule has 0 unspecified atom stereocenters. The minimum Gasteiger partial charge on any atom is -0.481 e. The van der Waals surface area contributed by atoms with Gasteiger partial charge >= 0.3 is 18.1 Å². The summed E-state index contributed by atoms with van der Waals surface area (Å²) < 4.78 is 31.7. The van der Waals surface area contributed by atoms with Crippen LogP contribution in [0.4, 0.5) is 30.8 Å². The lowest BCUT2D eigenvalue weighted by molar-refractivity contribution is -0.192. The molecule has 1 saturated heterocycles. The fraction of sp³-hybridized carbons (Fsp3) is 0.640. The van der Waals surface area contributed by atoms with Crippen molar-refractivity contribution in [2.75, 3.05) is 23.3 Å². The quantitative estimate of drug-likeness (QED) is 0.405. The summed E-state index contributed by atoms with van der Waals surface area (Å²) in [6, 6.07) is 3.96. The number of nitrogens with zero attached hydrogens (tertiary/aromatic N) is 4. The number of nitrogens with one attached hydrogen (secondary N) is 2. The number of anilines is 3. The highest BCUT2D eigenvalue weighted by Crippen LogP contribution is 2.40. The van der Waals surface area contributed by atoms with Crippen molar-refractivity contribution < 1.29 is 33.0 Å². The Bertz CT molecular complexity index is 1130. The van der Waals surface area contributed by atoms with Crippen molar-refractivity contribution in [1.29, 1.82) is 0 Å². The van der Waals surface area contributed by atoms with E-state index in [9.17, 15) is 23.1 Å². The Morgan fingerprint density at radius 3 is 2.29 bits per heavy atom. The molecule has 0 amide bonds. The van der Waals surface area contributed by atoms with Gasteiger partial charge in [-0.05, 0) is 38.0 Å². The predicted molar refractivity (Wildman–Crippen MR) is 132 cm³/mol. The number of hydrogen-bond acceptors (Lipinski definition) is 7. The zero-order valence-electron chi connectivity index (χ0n) is 21.2. The molecule has 0 bridgehead atoms. The monoisotopic (exact) mass is 538 g/mol. The second kappa shape index (κ2) is 11.6. The van der Waals surface area contributed by atoms with Crippen molar-refractivity contribution in [3.05, 3.63) is 23.5 Å². The molecule has 1 aliphatic heterocycles. The summed E-state index contributed by atoms with van der Waals surface area (Å²) >= 11 is 0. The zero-order chi connectivity index (χ0) is 27.4. The third-order valence-electron chi connectivity index (χ3n) is 7.39. The smallest absolute Gasteiger partial charge is 0.481 e. The van der Waals surface area contributed by atoms with Gasteiger partial charge in [-0.3, -0.25) is 9.89 Å². The Balaban J connectivity index is 0.000000426. The van der Waals surface area contributed by atoms with Crippen LogP contribution in [-0.2, 0) is 9.59 Å². The van der Waals surface area contributed by atoms with Gasteiger partial charge in [0.25, 0.3) is 0 Å². The number of aryl methyl sites for hydroxylation is 1. The zero-order valence-corrected chi connectivity index (χ0v) is 21.2. The van der Waals surface area contributed by atoms with E-state index in [-0.39, 0.29) is 5.92 Å². The largest absolute Gasteiger partial charge is 0.490 e. The molecule has 5 rings (SSSR count). The average molecular weight is 539 g/mol.